The van der Waals surface area contributed by atoms with E-state index < -0.39 is 18.5 Å². The molecule has 0 aromatic heterocycles. The predicted molar refractivity (Wildman–Crippen MR) is 79.2 cm³/mol. The van der Waals surface area contributed by atoms with E-state index in [2.05, 4.69) is 15.9 Å². The first kappa shape index (κ1) is 15.4. The van der Waals surface area contributed by atoms with Crippen molar-refractivity contribution in [2.45, 2.75) is 5.92 Å². The van der Waals surface area contributed by atoms with Gasteiger partial charge in [0.2, 0.25) is 0 Å². The summed E-state index contributed by atoms with van der Waals surface area (Å²) < 4.78 is 32.8. The quantitative estimate of drug-likeness (QED) is 0.666. The number of hydrogen-bond acceptors (Lipinski definition) is 3. The summed E-state index contributed by atoms with van der Waals surface area (Å²) in [5.41, 5.74) is 5.87. The molecule has 0 aliphatic rings. The minimum atomic E-state index is -3.25. The lowest BCUT2D eigenvalue weighted by atomic mass is 10.1. The second-order valence-corrected chi connectivity index (χ2v) is 5.15. The van der Waals surface area contributed by atoms with Crippen LogP contribution in [0.3, 0.4) is 0 Å². The Hall–Kier alpha value is -1.95. The van der Waals surface area contributed by atoms with Gasteiger partial charge in [-0.25, -0.2) is 4.79 Å². The molecule has 0 unspecified atom stereocenters. The van der Waals surface area contributed by atoms with Gasteiger partial charge in [0.25, 0.3) is 0 Å². The molecule has 21 heavy (non-hydrogen) atoms. The molecule has 0 bridgehead atoms. The molecule has 3 nitrogen and oxygen atoms in total. The smallest absolute Gasteiger partial charge is 0.339 e. The van der Waals surface area contributed by atoms with Gasteiger partial charge in [-0.1, -0.05) is 36.4 Å². The molecule has 0 amide bonds. The van der Waals surface area contributed by atoms with E-state index in [-0.39, 0.29) is 11.1 Å². The molecule has 2 aromatic carbocycles. The van der Waals surface area contributed by atoms with Crippen LogP contribution in [0.25, 0.3) is 0 Å². The maximum atomic E-state index is 13.9. The lowest BCUT2D eigenvalue weighted by Gasteiger charge is -2.17. The van der Waals surface area contributed by atoms with Crippen molar-refractivity contribution in [3.05, 3.63) is 64.1 Å². The molecule has 2 N–H and O–H groups in total. The van der Waals surface area contributed by atoms with E-state index in [1.807, 2.05) is 0 Å². The number of nitrogen functional groups attached to an aromatic ring is 1. The molecule has 0 aliphatic carbocycles. The van der Waals surface area contributed by atoms with Gasteiger partial charge in [0.05, 0.1) is 10.0 Å². The highest BCUT2D eigenvalue weighted by Gasteiger charge is 2.33. The first-order valence-corrected chi connectivity index (χ1v) is 6.85. The molecular weight excluding hydrogens is 344 g/mol. The number of esters is 1. The Morgan fingerprint density at radius 1 is 1.14 bits per heavy atom. The molecule has 0 fully saturated rings. The van der Waals surface area contributed by atoms with E-state index in [1.165, 1.54) is 30.3 Å². The third-order valence-corrected chi connectivity index (χ3v) is 3.71. The third-order valence-electron chi connectivity index (χ3n) is 2.83. The number of ether oxygens (including phenoxy) is 1. The molecule has 110 valence electrons. The van der Waals surface area contributed by atoms with Crippen molar-refractivity contribution in [3.8, 4) is 0 Å². The van der Waals surface area contributed by atoms with Crippen LogP contribution in [0.15, 0.2) is 53.0 Å². The molecule has 6 heteroatoms. The van der Waals surface area contributed by atoms with E-state index in [0.29, 0.717) is 10.2 Å². The molecule has 0 aliphatic heterocycles. The van der Waals surface area contributed by atoms with E-state index in [0.717, 1.165) is 0 Å². The highest BCUT2D eigenvalue weighted by Crippen LogP contribution is 2.29. The van der Waals surface area contributed by atoms with Crippen molar-refractivity contribution < 1.29 is 18.3 Å². The summed E-state index contributed by atoms with van der Waals surface area (Å²) in [6.07, 6.45) is 0. The summed E-state index contributed by atoms with van der Waals surface area (Å²) in [7, 11) is 0. The second kappa shape index (κ2) is 6.22. The van der Waals surface area contributed by atoms with E-state index in [9.17, 15) is 13.6 Å². The van der Waals surface area contributed by atoms with Gasteiger partial charge in [0.15, 0.2) is 6.61 Å². The van der Waals surface area contributed by atoms with Crippen LogP contribution < -0.4 is 5.73 Å². The van der Waals surface area contributed by atoms with Gasteiger partial charge in [-0.2, -0.15) is 8.78 Å². The van der Waals surface area contributed by atoms with Crippen molar-refractivity contribution in [1.29, 1.82) is 0 Å². The molecule has 0 atom stereocenters. The van der Waals surface area contributed by atoms with Crippen LogP contribution in [0.4, 0.5) is 14.5 Å². The number of halogens is 3. The standard InChI is InChI=1S/C15H12BrF2NO2/c16-13-11(7-4-8-12(13)19)14(20)21-9-15(17,18)10-5-2-1-3-6-10/h1-8H,9,19H2. The van der Waals surface area contributed by atoms with Crippen molar-refractivity contribution >= 4 is 27.6 Å². The highest BCUT2D eigenvalue weighted by atomic mass is 79.9. The van der Waals surface area contributed by atoms with Gasteiger partial charge in [-0.15, -0.1) is 0 Å². The summed E-state index contributed by atoms with van der Waals surface area (Å²) in [6, 6.07) is 11.8. The first-order chi connectivity index (χ1) is 9.92. The Balaban J connectivity index is 2.09. The van der Waals surface area contributed by atoms with Gasteiger partial charge < -0.3 is 10.5 Å². The summed E-state index contributed by atoms with van der Waals surface area (Å²) in [5, 5.41) is 0. The number of alkyl halides is 2. The Kier molecular flexibility index (Phi) is 4.57. The SMILES string of the molecule is Nc1cccc(C(=O)OCC(F)(F)c2ccccc2)c1Br. The van der Waals surface area contributed by atoms with Gasteiger partial charge >= 0.3 is 11.9 Å². The fraction of sp³-hybridized carbons (Fsp3) is 0.133. The number of nitrogens with two attached hydrogens (primary N) is 1. The normalized spacial score (nSPS) is 11.2. The molecule has 0 saturated carbocycles. The lowest BCUT2D eigenvalue weighted by molar-refractivity contribution is -0.0662. The van der Waals surface area contributed by atoms with Crippen LogP contribution in [0.5, 0.6) is 0 Å². The molecular formula is C15H12BrF2NO2. The zero-order valence-electron chi connectivity index (χ0n) is 10.9. The van der Waals surface area contributed by atoms with Crippen LogP contribution in [-0.4, -0.2) is 12.6 Å². The van der Waals surface area contributed by atoms with Gasteiger partial charge in [0, 0.05) is 11.3 Å². The molecule has 2 aromatic rings. The van der Waals surface area contributed by atoms with E-state index in [1.54, 1.807) is 18.2 Å². The maximum absolute atomic E-state index is 13.9. The van der Waals surface area contributed by atoms with E-state index in [4.69, 9.17) is 10.5 Å². The monoisotopic (exact) mass is 355 g/mol. The second-order valence-electron chi connectivity index (χ2n) is 4.36. The minimum Gasteiger partial charge on any atom is -0.455 e. The number of benzene rings is 2. The molecule has 0 heterocycles. The van der Waals surface area contributed by atoms with Crippen LogP contribution in [0.2, 0.25) is 0 Å². The summed E-state index contributed by atoms with van der Waals surface area (Å²) in [4.78, 5) is 11.9. The summed E-state index contributed by atoms with van der Waals surface area (Å²) in [6.45, 7) is -1.03. The Labute approximate surface area is 128 Å². The number of carbonyl (C=O) groups is 1. The fourth-order valence-electron chi connectivity index (χ4n) is 1.71. The maximum Gasteiger partial charge on any atom is 0.339 e. The fourth-order valence-corrected chi connectivity index (χ4v) is 2.13. The van der Waals surface area contributed by atoms with Crippen molar-refractivity contribution in [1.82, 2.24) is 0 Å². The number of anilines is 1. The van der Waals surface area contributed by atoms with Crippen LogP contribution in [0.1, 0.15) is 15.9 Å². The number of rotatable bonds is 4. The molecule has 0 saturated heterocycles. The average molecular weight is 356 g/mol. The van der Waals surface area contributed by atoms with Crippen LogP contribution >= 0.6 is 15.9 Å². The number of carbonyl (C=O) groups excluding carboxylic acids is 1. The topological polar surface area (TPSA) is 52.3 Å². The molecule has 0 radical (unpaired) electrons. The van der Waals surface area contributed by atoms with Crippen molar-refractivity contribution in [2.75, 3.05) is 12.3 Å². The zero-order valence-corrected chi connectivity index (χ0v) is 12.4. The lowest BCUT2D eigenvalue weighted by Crippen LogP contribution is -2.23. The minimum absolute atomic E-state index is 0.110. The molecule has 2 rings (SSSR count). The summed E-state index contributed by atoms with van der Waals surface area (Å²) in [5.74, 6) is -4.10. The average Bonchev–Trinajstić information content (AvgIpc) is 2.49. The van der Waals surface area contributed by atoms with Crippen LogP contribution in [0, 0.1) is 0 Å². The third kappa shape index (κ3) is 3.58. The first-order valence-electron chi connectivity index (χ1n) is 6.06. The van der Waals surface area contributed by atoms with Gasteiger partial charge in [-0.3, -0.25) is 0 Å². The number of hydrogen-bond donors (Lipinski definition) is 1. The largest absolute Gasteiger partial charge is 0.455 e. The van der Waals surface area contributed by atoms with Crippen molar-refractivity contribution in [2.24, 2.45) is 0 Å². The molecule has 0 spiro atoms. The van der Waals surface area contributed by atoms with Gasteiger partial charge in [-0.05, 0) is 28.1 Å². The Morgan fingerprint density at radius 3 is 2.48 bits per heavy atom. The van der Waals surface area contributed by atoms with Gasteiger partial charge in [0.1, 0.15) is 0 Å². The van der Waals surface area contributed by atoms with Crippen LogP contribution in [-0.2, 0) is 10.7 Å². The summed E-state index contributed by atoms with van der Waals surface area (Å²) >= 11 is 3.13. The Morgan fingerprint density at radius 2 is 1.81 bits per heavy atom. The predicted octanol–water partition coefficient (Wildman–Crippen LogP) is 3.98. The Bertz CT molecular complexity index is 647. The van der Waals surface area contributed by atoms with Crippen molar-refractivity contribution in [3.63, 3.8) is 0 Å². The highest BCUT2D eigenvalue weighted by molar-refractivity contribution is 9.10. The zero-order chi connectivity index (χ0) is 15.5. The van der Waals surface area contributed by atoms with E-state index >= 15 is 0 Å².